The Morgan fingerprint density at radius 2 is 2.05 bits per heavy atom. The van der Waals surface area contributed by atoms with Crippen LogP contribution in [0, 0.1) is 5.92 Å². The minimum atomic E-state index is -0.578. The average molecular weight is 300 g/mol. The molecule has 0 saturated heterocycles. The lowest BCUT2D eigenvalue weighted by Crippen LogP contribution is -2.63. The number of methoxy groups -OCH3 is 1. The second-order valence-electron chi connectivity index (χ2n) is 6.10. The van der Waals surface area contributed by atoms with Crippen LogP contribution in [0.2, 0.25) is 0 Å². The summed E-state index contributed by atoms with van der Waals surface area (Å²) in [5, 5.41) is 3.50. The number of carbonyl (C=O) groups is 1. The van der Waals surface area contributed by atoms with Gasteiger partial charge in [-0.25, -0.2) is 4.79 Å². The van der Waals surface area contributed by atoms with Crippen molar-refractivity contribution in [3.63, 3.8) is 0 Å². The van der Waals surface area contributed by atoms with Gasteiger partial charge >= 0.3 is 5.97 Å². The highest BCUT2D eigenvalue weighted by Gasteiger charge is 2.52. The van der Waals surface area contributed by atoms with E-state index in [1.54, 1.807) is 0 Å². The molecule has 0 aromatic carbocycles. The highest BCUT2D eigenvalue weighted by Crippen LogP contribution is 2.41. The van der Waals surface area contributed by atoms with Gasteiger partial charge in [-0.15, -0.1) is 0 Å². The predicted molar refractivity (Wildman–Crippen MR) is 84.3 cm³/mol. The molecule has 5 nitrogen and oxygen atoms in total. The Morgan fingerprint density at radius 1 is 1.38 bits per heavy atom. The van der Waals surface area contributed by atoms with Gasteiger partial charge in [0.05, 0.1) is 13.7 Å². The van der Waals surface area contributed by atoms with E-state index in [9.17, 15) is 4.79 Å². The summed E-state index contributed by atoms with van der Waals surface area (Å²) >= 11 is 0. The Hall–Kier alpha value is -0.650. The zero-order valence-electron chi connectivity index (χ0n) is 14.3. The largest absolute Gasteiger partial charge is 0.468 e. The summed E-state index contributed by atoms with van der Waals surface area (Å²) in [7, 11) is 1.48. The van der Waals surface area contributed by atoms with Gasteiger partial charge in [0.1, 0.15) is 5.54 Å². The lowest BCUT2D eigenvalue weighted by atomic mass is 9.91. The van der Waals surface area contributed by atoms with Gasteiger partial charge in [-0.3, -0.25) is 10.2 Å². The molecule has 0 aliphatic heterocycles. The van der Waals surface area contributed by atoms with Crippen LogP contribution in [0.25, 0.3) is 0 Å². The van der Waals surface area contributed by atoms with Crippen LogP contribution in [0.4, 0.5) is 0 Å². The zero-order valence-corrected chi connectivity index (χ0v) is 14.3. The van der Waals surface area contributed by atoms with E-state index in [2.05, 4.69) is 31.0 Å². The quantitative estimate of drug-likeness (QED) is 0.464. The fourth-order valence-corrected chi connectivity index (χ4v) is 2.90. The molecule has 0 heterocycles. The highest BCUT2D eigenvalue weighted by molar-refractivity contribution is 5.82. The SMILES string of the molecule is CCOCCN(CC)CC(NC(C)C)(C(=O)OC)C1CC1. The van der Waals surface area contributed by atoms with Crippen LogP contribution in [0.15, 0.2) is 0 Å². The maximum absolute atomic E-state index is 12.5. The van der Waals surface area contributed by atoms with Gasteiger partial charge in [-0.05, 0) is 46.1 Å². The van der Waals surface area contributed by atoms with Gasteiger partial charge in [0.25, 0.3) is 0 Å². The third-order valence-corrected chi connectivity index (χ3v) is 4.05. The molecule has 5 heteroatoms. The van der Waals surface area contributed by atoms with Crippen molar-refractivity contribution < 1.29 is 14.3 Å². The summed E-state index contributed by atoms with van der Waals surface area (Å²) in [4.78, 5) is 14.8. The first-order chi connectivity index (χ1) is 10.00. The fraction of sp³-hybridized carbons (Fsp3) is 0.938. The van der Waals surface area contributed by atoms with Crippen molar-refractivity contribution in [2.24, 2.45) is 5.92 Å². The topological polar surface area (TPSA) is 50.8 Å². The molecule has 124 valence electrons. The van der Waals surface area contributed by atoms with Crippen LogP contribution >= 0.6 is 0 Å². The number of esters is 1. The van der Waals surface area contributed by atoms with E-state index in [4.69, 9.17) is 9.47 Å². The van der Waals surface area contributed by atoms with Gasteiger partial charge in [0.2, 0.25) is 0 Å². The van der Waals surface area contributed by atoms with Crippen molar-refractivity contribution in [2.75, 3.05) is 40.0 Å². The molecule has 1 saturated carbocycles. The monoisotopic (exact) mass is 300 g/mol. The number of hydrogen-bond donors (Lipinski definition) is 1. The van der Waals surface area contributed by atoms with Crippen molar-refractivity contribution in [3.8, 4) is 0 Å². The number of nitrogens with zero attached hydrogens (tertiary/aromatic N) is 1. The number of hydrogen-bond acceptors (Lipinski definition) is 5. The summed E-state index contributed by atoms with van der Waals surface area (Å²) in [5.41, 5.74) is -0.578. The third kappa shape index (κ3) is 5.24. The molecule has 1 rings (SSSR count). The van der Waals surface area contributed by atoms with Crippen molar-refractivity contribution in [1.82, 2.24) is 10.2 Å². The Bertz CT molecular complexity index is 319. The lowest BCUT2D eigenvalue weighted by Gasteiger charge is -2.38. The molecule has 0 bridgehead atoms. The molecule has 0 aromatic rings. The van der Waals surface area contributed by atoms with Crippen molar-refractivity contribution in [1.29, 1.82) is 0 Å². The maximum Gasteiger partial charge on any atom is 0.327 e. The van der Waals surface area contributed by atoms with Crippen LogP contribution in [-0.4, -0.2) is 62.4 Å². The van der Waals surface area contributed by atoms with Gasteiger partial charge < -0.3 is 9.47 Å². The molecular formula is C16H32N2O3. The zero-order chi connectivity index (χ0) is 15.9. The number of likely N-dealkylation sites (N-methyl/N-ethyl adjacent to an activating group) is 1. The minimum Gasteiger partial charge on any atom is -0.468 e. The lowest BCUT2D eigenvalue weighted by molar-refractivity contribution is -0.151. The second kappa shape index (κ2) is 8.71. The van der Waals surface area contributed by atoms with Crippen LogP contribution in [-0.2, 0) is 14.3 Å². The Labute approximate surface area is 129 Å². The molecule has 1 aliphatic carbocycles. The van der Waals surface area contributed by atoms with E-state index < -0.39 is 5.54 Å². The Morgan fingerprint density at radius 3 is 2.48 bits per heavy atom. The number of carbonyl (C=O) groups excluding carboxylic acids is 1. The first kappa shape index (κ1) is 18.4. The number of ether oxygens (including phenoxy) is 2. The molecule has 21 heavy (non-hydrogen) atoms. The summed E-state index contributed by atoms with van der Waals surface area (Å²) < 4.78 is 10.6. The van der Waals surface area contributed by atoms with E-state index in [-0.39, 0.29) is 12.0 Å². The van der Waals surface area contributed by atoms with Crippen LogP contribution in [0.5, 0.6) is 0 Å². The summed E-state index contributed by atoms with van der Waals surface area (Å²) in [6, 6.07) is 0.246. The highest BCUT2D eigenvalue weighted by atomic mass is 16.5. The van der Waals surface area contributed by atoms with Crippen LogP contribution < -0.4 is 5.32 Å². The normalized spacial score (nSPS) is 18.0. The minimum absolute atomic E-state index is 0.131. The predicted octanol–water partition coefficient (Wildman–Crippen LogP) is 1.66. The maximum atomic E-state index is 12.5. The van der Waals surface area contributed by atoms with Gasteiger partial charge in [0.15, 0.2) is 0 Å². The molecular weight excluding hydrogens is 268 g/mol. The fourth-order valence-electron chi connectivity index (χ4n) is 2.90. The molecule has 0 amide bonds. The molecule has 0 radical (unpaired) electrons. The van der Waals surface area contributed by atoms with Gasteiger partial charge in [-0.1, -0.05) is 6.92 Å². The molecule has 0 spiro atoms. The first-order valence-electron chi connectivity index (χ1n) is 8.16. The van der Waals surface area contributed by atoms with Crippen molar-refractivity contribution >= 4 is 5.97 Å². The summed E-state index contributed by atoms with van der Waals surface area (Å²) in [5.74, 6) is 0.252. The van der Waals surface area contributed by atoms with Gasteiger partial charge in [-0.2, -0.15) is 0 Å². The molecule has 0 aromatic heterocycles. The number of nitrogens with one attached hydrogen (secondary N) is 1. The van der Waals surface area contributed by atoms with Crippen molar-refractivity contribution in [3.05, 3.63) is 0 Å². The van der Waals surface area contributed by atoms with E-state index in [1.807, 2.05) is 6.92 Å². The van der Waals surface area contributed by atoms with E-state index in [1.165, 1.54) is 7.11 Å². The van der Waals surface area contributed by atoms with Gasteiger partial charge in [0, 0.05) is 25.7 Å². The first-order valence-corrected chi connectivity index (χ1v) is 8.16. The van der Waals surface area contributed by atoms with Crippen molar-refractivity contribution in [2.45, 2.75) is 52.1 Å². The number of rotatable bonds is 11. The van der Waals surface area contributed by atoms with E-state index in [0.717, 1.165) is 32.5 Å². The summed E-state index contributed by atoms with van der Waals surface area (Å²) in [6.07, 6.45) is 2.19. The Kier molecular flexibility index (Phi) is 7.63. The molecule has 1 atom stereocenters. The molecule has 1 N–H and O–H groups in total. The Balaban J connectivity index is 2.80. The molecule has 1 aliphatic rings. The summed E-state index contributed by atoms with van der Waals surface area (Å²) in [6.45, 7) is 12.1. The van der Waals surface area contributed by atoms with Crippen LogP contribution in [0.3, 0.4) is 0 Å². The smallest absolute Gasteiger partial charge is 0.327 e. The molecule has 1 unspecified atom stereocenters. The average Bonchev–Trinajstić information content (AvgIpc) is 3.28. The van der Waals surface area contributed by atoms with Crippen LogP contribution in [0.1, 0.15) is 40.5 Å². The third-order valence-electron chi connectivity index (χ3n) is 4.05. The second-order valence-corrected chi connectivity index (χ2v) is 6.10. The van der Waals surface area contributed by atoms with E-state index in [0.29, 0.717) is 19.1 Å². The van der Waals surface area contributed by atoms with E-state index >= 15 is 0 Å². The molecule has 1 fully saturated rings. The standard InChI is InChI=1S/C16H32N2O3/c1-6-18(10-11-21-7-2)12-16(14-8-9-14,15(19)20-5)17-13(3)4/h13-14,17H,6-12H2,1-5H3.